The van der Waals surface area contributed by atoms with Crippen molar-refractivity contribution in [1.82, 2.24) is 4.98 Å². The maximum atomic E-state index is 5.89. The van der Waals surface area contributed by atoms with Crippen LogP contribution in [0.1, 0.15) is 16.1 Å². The molecule has 0 bridgehead atoms. The van der Waals surface area contributed by atoms with Crippen molar-refractivity contribution in [3.8, 4) is 0 Å². The number of thiocarbonyl (C=S) groups is 1. The molecule has 0 amide bonds. The van der Waals surface area contributed by atoms with Crippen molar-refractivity contribution in [2.24, 2.45) is 5.73 Å². The summed E-state index contributed by atoms with van der Waals surface area (Å²) in [6, 6.07) is 7.71. The third kappa shape index (κ3) is 4.16. The highest BCUT2D eigenvalue weighted by Crippen LogP contribution is 2.21. The van der Waals surface area contributed by atoms with E-state index >= 15 is 0 Å². The number of hydrogen-bond donors (Lipinski definition) is 2. The molecule has 3 nitrogen and oxygen atoms in total. The van der Waals surface area contributed by atoms with E-state index in [4.69, 9.17) is 29.6 Å². The zero-order chi connectivity index (χ0) is 13.8. The number of aryl methyl sites for hydroxylation is 1. The predicted octanol–water partition coefficient (Wildman–Crippen LogP) is 3.39. The minimum atomic E-state index is 0.388. The molecule has 19 heavy (non-hydrogen) atoms. The zero-order valence-electron chi connectivity index (χ0n) is 10.4. The molecule has 0 spiro atoms. The molecule has 2 heterocycles. The van der Waals surface area contributed by atoms with Gasteiger partial charge in [-0.25, -0.2) is 4.98 Å². The molecule has 6 heteroatoms. The Morgan fingerprint density at radius 1 is 1.47 bits per heavy atom. The molecule has 2 rings (SSSR count). The van der Waals surface area contributed by atoms with Crippen molar-refractivity contribution in [1.29, 1.82) is 0 Å². The fourth-order valence-electron chi connectivity index (χ4n) is 1.70. The Kier molecular flexibility index (Phi) is 4.74. The van der Waals surface area contributed by atoms with Crippen molar-refractivity contribution in [3.05, 3.63) is 44.7 Å². The fourth-order valence-corrected chi connectivity index (χ4v) is 2.91. The highest BCUT2D eigenvalue weighted by molar-refractivity contribution is 7.80. The quantitative estimate of drug-likeness (QED) is 0.831. The van der Waals surface area contributed by atoms with Gasteiger partial charge in [0.1, 0.15) is 10.8 Å². The Hall–Kier alpha value is -1.17. The first kappa shape index (κ1) is 14.2. The van der Waals surface area contributed by atoms with E-state index < -0.39 is 0 Å². The average molecular weight is 312 g/mol. The minimum absolute atomic E-state index is 0.388. The van der Waals surface area contributed by atoms with E-state index in [1.807, 2.05) is 31.2 Å². The summed E-state index contributed by atoms with van der Waals surface area (Å²) in [6.45, 7) is 2.72. The molecule has 0 unspecified atom stereocenters. The summed E-state index contributed by atoms with van der Waals surface area (Å²) in [6.07, 6.45) is 0.912. The Morgan fingerprint density at radius 2 is 2.26 bits per heavy atom. The van der Waals surface area contributed by atoms with Crippen molar-refractivity contribution in [2.45, 2.75) is 13.3 Å². The van der Waals surface area contributed by atoms with Crippen LogP contribution in [0.15, 0.2) is 24.3 Å². The van der Waals surface area contributed by atoms with E-state index in [0.717, 1.165) is 34.4 Å². The first-order valence-corrected chi connectivity index (χ1v) is 7.41. The van der Waals surface area contributed by atoms with Crippen LogP contribution in [-0.4, -0.2) is 16.5 Å². The van der Waals surface area contributed by atoms with Gasteiger partial charge < -0.3 is 11.1 Å². The number of hydrogen-bond acceptors (Lipinski definition) is 4. The molecule has 0 aliphatic rings. The molecule has 2 aromatic rings. The van der Waals surface area contributed by atoms with Gasteiger partial charge in [-0.05, 0) is 37.6 Å². The number of nitrogens with zero attached hydrogens (tertiary/aromatic N) is 1. The lowest BCUT2D eigenvalue weighted by molar-refractivity contribution is 1.02. The van der Waals surface area contributed by atoms with Gasteiger partial charge in [0, 0.05) is 22.7 Å². The third-order valence-corrected chi connectivity index (χ3v) is 4.07. The van der Waals surface area contributed by atoms with E-state index in [1.54, 1.807) is 11.3 Å². The summed E-state index contributed by atoms with van der Waals surface area (Å²) in [5.41, 5.74) is 7.37. The second-order valence-electron chi connectivity index (χ2n) is 4.13. The molecule has 0 aliphatic carbocycles. The van der Waals surface area contributed by atoms with Crippen molar-refractivity contribution >= 4 is 46.0 Å². The molecule has 0 atom stereocenters. The zero-order valence-corrected chi connectivity index (χ0v) is 12.8. The smallest absolute Gasteiger partial charge is 0.126 e. The van der Waals surface area contributed by atoms with Crippen molar-refractivity contribution in [3.63, 3.8) is 0 Å². The fraction of sp³-hybridized carbons (Fsp3) is 0.231. The molecule has 0 saturated heterocycles. The van der Waals surface area contributed by atoms with Gasteiger partial charge in [0.25, 0.3) is 0 Å². The van der Waals surface area contributed by atoms with Gasteiger partial charge in [0.2, 0.25) is 0 Å². The summed E-state index contributed by atoms with van der Waals surface area (Å²) in [4.78, 5) is 6.04. The molecule has 0 fully saturated rings. The number of aromatic nitrogens is 1. The standard InChI is InChI=1S/C13H14ClN3S2/c1-8-6-9(13(15)18)7-12(17-8)16-5-4-10-2-3-11(14)19-10/h2-3,6-7H,4-5H2,1H3,(H2,15,18)(H,16,17). The molecule has 0 aromatic carbocycles. The summed E-state index contributed by atoms with van der Waals surface area (Å²) >= 11 is 12.5. The van der Waals surface area contributed by atoms with Crippen LogP contribution in [-0.2, 0) is 6.42 Å². The van der Waals surface area contributed by atoms with Crippen LogP contribution in [0.5, 0.6) is 0 Å². The molecule has 2 aromatic heterocycles. The Morgan fingerprint density at radius 3 is 2.89 bits per heavy atom. The molecule has 0 radical (unpaired) electrons. The van der Waals surface area contributed by atoms with E-state index in [0.29, 0.717) is 4.99 Å². The number of nitrogens with one attached hydrogen (secondary N) is 1. The number of halogens is 1. The predicted molar refractivity (Wildman–Crippen MR) is 86.4 cm³/mol. The molecule has 3 N–H and O–H groups in total. The van der Waals surface area contributed by atoms with Gasteiger partial charge >= 0.3 is 0 Å². The van der Waals surface area contributed by atoms with Crippen LogP contribution < -0.4 is 11.1 Å². The van der Waals surface area contributed by atoms with Crippen LogP contribution >= 0.6 is 35.2 Å². The Balaban J connectivity index is 1.97. The average Bonchev–Trinajstić information content (AvgIpc) is 2.74. The normalized spacial score (nSPS) is 10.4. The lowest BCUT2D eigenvalue weighted by atomic mass is 10.2. The van der Waals surface area contributed by atoms with E-state index in [-0.39, 0.29) is 0 Å². The SMILES string of the molecule is Cc1cc(C(N)=S)cc(NCCc2ccc(Cl)s2)n1. The van der Waals surface area contributed by atoms with Crippen LogP contribution in [0, 0.1) is 6.92 Å². The summed E-state index contributed by atoms with van der Waals surface area (Å²) in [5, 5.41) is 3.28. The summed E-state index contributed by atoms with van der Waals surface area (Å²) in [7, 11) is 0. The lowest BCUT2D eigenvalue weighted by Crippen LogP contribution is -2.12. The summed E-state index contributed by atoms with van der Waals surface area (Å²) < 4.78 is 0.819. The number of thiophene rings is 1. The maximum absolute atomic E-state index is 5.89. The highest BCUT2D eigenvalue weighted by atomic mass is 35.5. The second kappa shape index (κ2) is 6.32. The van der Waals surface area contributed by atoms with Gasteiger partial charge in [-0.1, -0.05) is 23.8 Å². The molecular formula is C13H14ClN3S2. The van der Waals surface area contributed by atoms with Gasteiger partial charge in [-0.2, -0.15) is 0 Å². The maximum Gasteiger partial charge on any atom is 0.126 e. The van der Waals surface area contributed by atoms with Crippen molar-refractivity contribution in [2.75, 3.05) is 11.9 Å². The largest absolute Gasteiger partial charge is 0.389 e. The number of nitrogens with two attached hydrogens (primary N) is 1. The van der Waals surface area contributed by atoms with Crippen LogP contribution in [0.4, 0.5) is 5.82 Å². The minimum Gasteiger partial charge on any atom is -0.389 e. The Bertz CT molecular complexity index is 595. The Labute approximate surface area is 126 Å². The van der Waals surface area contributed by atoms with E-state index in [1.165, 1.54) is 4.88 Å². The van der Waals surface area contributed by atoms with Crippen LogP contribution in [0.2, 0.25) is 4.34 Å². The highest BCUT2D eigenvalue weighted by Gasteiger charge is 2.03. The van der Waals surface area contributed by atoms with Gasteiger partial charge in [-0.15, -0.1) is 11.3 Å². The number of anilines is 1. The van der Waals surface area contributed by atoms with Gasteiger partial charge in [-0.3, -0.25) is 0 Å². The summed E-state index contributed by atoms with van der Waals surface area (Å²) in [5.74, 6) is 0.797. The molecule has 0 aliphatic heterocycles. The third-order valence-electron chi connectivity index (χ3n) is 2.54. The van der Waals surface area contributed by atoms with Crippen molar-refractivity contribution < 1.29 is 0 Å². The number of rotatable bonds is 5. The topological polar surface area (TPSA) is 50.9 Å². The number of pyridine rings is 1. The van der Waals surface area contributed by atoms with E-state index in [9.17, 15) is 0 Å². The first-order valence-electron chi connectivity index (χ1n) is 5.81. The van der Waals surface area contributed by atoms with Gasteiger partial charge in [0.05, 0.1) is 4.34 Å². The second-order valence-corrected chi connectivity index (χ2v) is 6.37. The first-order chi connectivity index (χ1) is 9.04. The van der Waals surface area contributed by atoms with Crippen LogP contribution in [0.3, 0.4) is 0 Å². The monoisotopic (exact) mass is 311 g/mol. The van der Waals surface area contributed by atoms with E-state index in [2.05, 4.69) is 10.3 Å². The molecule has 0 saturated carbocycles. The molecule has 100 valence electrons. The van der Waals surface area contributed by atoms with Crippen LogP contribution in [0.25, 0.3) is 0 Å². The lowest BCUT2D eigenvalue weighted by Gasteiger charge is -2.08. The van der Waals surface area contributed by atoms with Gasteiger partial charge in [0.15, 0.2) is 0 Å². The molecular weight excluding hydrogens is 298 g/mol.